The fourth-order valence-corrected chi connectivity index (χ4v) is 3.43. The van der Waals surface area contributed by atoms with E-state index in [0.717, 1.165) is 31.5 Å². The number of carbonyl (C=O) groups is 3. The van der Waals surface area contributed by atoms with Crippen LogP contribution in [0.25, 0.3) is 0 Å². The Hall–Kier alpha value is -2.37. The molecule has 0 aromatic heterocycles. The fourth-order valence-electron chi connectivity index (χ4n) is 3.43. The number of piperazine rings is 1. The van der Waals surface area contributed by atoms with Crippen LogP contribution < -0.4 is 4.90 Å². The van der Waals surface area contributed by atoms with E-state index in [-0.39, 0.29) is 24.3 Å². The summed E-state index contributed by atoms with van der Waals surface area (Å²) in [5.74, 6) is 0.0463. The lowest BCUT2D eigenvalue weighted by Crippen LogP contribution is -2.52. The largest absolute Gasteiger partial charge is 0.342 e. The molecule has 3 rings (SSSR count). The van der Waals surface area contributed by atoms with Crippen LogP contribution in [-0.2, 0) is 14.4 Å². The predicted octanol–water partition coefficient (Wildman–Crippen LogP) is 1.65. The summed E-state index contributed by atoms with van der Waals surface area (Å²) < 4.78 is 0. The summed E-state index contributed by atoms with van der Waals surface area (Å²) in [4.78, 5) is 42.0. The summed E-state index contributed by atoms with van der Waals surface area (Å²) in [7, 11) is 0. The van der Waals surface area contributed by atoms with Gasteiger partial charge in [-0.15, -0.1) is 0 Å². The Kier molecular flexibility index (Phi) is 5.68. The van der Waals surface area contributed by atoms with Crippen molar-refractivity contribution in [3.63, 3.8) is 0 Å². The van der Waals surface area contributed by atoms with Crippen molar-refractivity contribution < 1.29 is 14.4 Å². The third-order valence-electron chi connectivity index (χ3n) is 4.91. The Morgan fingerprint density at radius 1 is 0.920 bits per heavy atom. The van der Waals surface area contributed by atoms with E-state index in [1.54, 1.807) is 14.7 Å². The van der Waals surface area contributed by atoms with Crippen LogP contribution >= 0.6 is 0 Å². The number of para-hydroxylation sites is 1. The minimum atomic E-state index is -0.0587. The lowest BCUT2D eigenvalue weighted by molar-refractivity contribution is -0.138. The average molecular weight is 343 g/mol. The van der Waals surface area contributed by atoms with E-state index in [4.69, 9.17) is 0 Å². The van der Waals surface area contributed by atoms with E-state index in [9.17, 15) is 14.4 Å². The third-order valence-corrected chi connectivity index (χ3v) is 4.91. The van der Waals surface area contributed by atoms with Gasteiger partial charge in [0.1, 0.15) is 6.54 Å². The van der Waals surface area contributed by atoms with Gasteiger partial charge in [-0.25, -0.2) is 0 Å². The molecule has 2 aliphatic heterocycles. The topological polar surface area (TPSA) is 60.9 Å². The Balaban J connectivity index is 1.51. The smallest absolute Gasteiger partial charge is 0.246 e. The minimum Gasteiger partial charge on any atom is -0.342 e. The summed E-state index contributed by atoms with van der Waals surface area (Å²) >= 11 is 0. The van der Waals surface area contributed by atoms with Crippen LogP contribution in [0.5, 0.6) is 0 Å². The SMILES string of the molecule is O=C1CCCCCN1CCC(=O)N1CCN(c2ccccc2)C(=O)C1. The van der Waals surface area contributed by atoms with Crippen LogP contribution in [0.4, 0.5) is 5.69 Å². The van der Waals surface area contributed by atoms with Crippen LogP contribution in [-0.4, -0.2) is 60.2 Å². The molecule has 0 radical (unpaired) electrons. The Labute approximate surface area is 148 Å². The Morgan fingerprint density at radius 3 is 2.48 bits per heavy atom. The predicted molar refractivity (Wildman–Crippen MR) is 95.0 cm³/mol. The molecule has 2 fully saturated rings. The summed E-state index contributed by atoms with van der Waals surface area (Å²) in [5.41, 5.74) is 0.870. The van der Waals surface area contributed by atoms with Gasteiger partial charge in [-0.1, -0.05) is 24.6 Å². The van der Waals surface area contributed by atoms with E-state index in [0.29, 0.717) is 32.5 Å². The van der Waals surface area contributed by atoms with Crippen molar-refractivity contribution in [3.05, 3.63) is 30.3 Å². The zero-order valence-corrected chi connectivity index (χ0v) is 14.5. The number of hydrogen-bond acceptors (Lipinski definition) is 3. The number of benzene rings is 1. The molecule has 1 aromatic rings. The van der Waals surface area contributed by atoms with Gasteiger partial charge in [-0.2, -0.15) is 0 Å². The van der Waals surface area contributed by atoms with E-state index < -0.39 is 0 Å². The summed E-state index contributed by atoms with van der Waals surface area (Å²) in [6.45, 7) is 2.36. The third kappa shape index (κ3) is 4.38. The van der Waals surface area contributed by atoms with Crippen LogP contribution in [0.1, 0.15) is 32.1 Å². The molecule has 2 saturated heterocycles. The van der Waals surface area contributed by atoms with E-state index >= 15 is 0 Å². The molecule has 0 atom stereocenters. The van der Waals surface area contributed by atoms with Crippen LogP contribution in [0.15, 0.2) is 30.3 Å². The maximum Gasteiger partial charge on any atom is 0.246 e. The quantitative estimate of drug-likeness (QED) is 0.835. The minimum absolute atomic E-state index is 0.0434. The highest BCUT2D eigenvalue weighted by Crippen LogP contribution is 2.17. The van der Waals surface area contributed by atoms with Crippen molar-refractivity contribution in [3.8, 4) is 0 Å². The summed E-state index contributed by atoms with van der Waals surface area (Å²) in [6, 6.07) is 9.52. The fraction of sp³-hybridized carbons (Fsp3) is 0.526. The highest BCUT2D eigenvalue weighted by atomic mass is 16.2. The number of hydrogen-bond donors (Lipinski definition) is 0. The molecule has 2 aliphatic rings. The summed E-state index contributed by atoms with van der Waals surface area (Å²) in [6.07, 6.45) is 3.91. The van der Waals surface area contributed by atoms with Gasteiger partial charge in [-0.3, -0.25) is 14.4 Å². The maximum absolute atomic E-state index is 12.4. The molecule has 134 valence electrons. The van der Waals surface area contributed by atoms with E-state index in [2.05, 4.69) is 0 Å². The Bertz CT molecular complexity index is 632. The second-order valence-corrected chi connectivity index (χ2v) is 6.64. The van der Waals surface area contributed by atoms with Crippen LogP contribution in [0.2, 0.25) is 0 Å². The van der Waals surface area contributed by atoms with E-state index in [1.807, 2.05) is 30.3 Å². The number of nitrogens with zero attached hydrogens (tertiary/aromatic N) is 3. The molecule has 2 heterocycles. The average Bonchev–Trinajstić information content (AvgIpc) is 2.84. The molecule has 0 saturated carbocycles. The molecule has 0 aliphatic carbocycles. The highest BCUT2D eigenvalue weighted by Gasteiger charge is 2.28. The molecule has 6 nitrogen and oxygen atoms in total. The van der Waals surface area contributed by atoms with Crippen LogP contribution in [0.3, 0.4) is 0 Å². The molecule has 0 bridgehead atoms. The zero-order valence-electron chi connectivity index (χ0n) is 14.5. The van der Waals surface area contributed by atoms with Crippen molar-refractivity contribution in [2.45, 2.75) is 32.1 Å². The normalized spacial score (nSPS) is 19.1. The van der Waals surface area contributed by atoms with Gasteiger partial charge < -0.3 is 14.7 Å². The molecule has 1 aromatic carbocycles. The van der Waals surface area contributed by atoms with Crippen molar-refractivity contribution in [1.29, 1.82) is 0 Å². The monoisotopic (exact) mass is 343 g/mol. The maximum atomic E-state index is 12.4. The van der Waals surface area contributed by atoms with Gasteiger partial charge in [0.2, 0.25) is 17.7 Å². The lowest BCUT2D eigenvalue weighted by atomic mass is 10.2. The molecule has 3 amide bonds. The van der Waals surface area contributed by atoms with Crippen LogP contribution in [0, 0.1) is 0 Å². The summed E-state index contributed by atoms with van der Waals surface area (Å²) in [5, 5.41) is 0. The first kappa shape index (κ1) is 17.5. The number of rotatable bonds is 4. The molecule has 0 spiro atoms. The van der Waals surface area contributed by atoms with Gasteiger partial charge >= 0.3 is 0 Å². The first-order valence-electron chi connectivity index (χ1n) is 9.06. The van der Waals surface area contributed by atoms with Crippen molar-refractivity contribution >= 4 is 23.4 Å². The molecule has 6 heteroatoms. The Morgan fingerprint density at radius 2 is 1.72 bits per heavy atom. The van der Waals surface area contributed by atoms with Gasteiger partial charge in [0.15, 0.2) is 0 Å². The van der Waals surface area contributed by atoms with Crippen molar-refractivity contribution in [2.24, 2.45) is 0 Å². The zero-order chi connectivity index (χ0) is 17.6. The number of likely N-dealkylation sites (tertiary alicyclic amines) is 1. The van der Waals surface area contributed by atoms with Gasteiger partial charge in [-0.05, 0) is 25.0 Å². The second kappa shape index (κ2) is 8.14. The number of carbonyl (C=O) groups excluding carboxylic acids is 3. The van der Waals surface area contributed by atoms with Gasteiger partial charge in [0.25, 0.3) is 0 Å². The molecule has 0 N–H and O–H groups in total. The highest BCUT2D eigenvalue weighted by molar-refractivity contribution is 5.97. The van der Waals surface area contributed by atoms with Crippen molar-refractivity contribution in [2.75, 3.05) is 37.6 Å². The van der Waals surface area contributed by atoms with Crippen molar-refractivity contribution in [1.82, 2.24) is 9.80 Å². The standard InChI is InChI=1S/C19H25N3O3/c23-17-9-5-2-6-11-20(17)12-10-18(24)21-13-14-22(19(25)15-21)16-7-3-1-4-8-16/h1,3-4,7-8H,2,5-6,9-15H2. The lowest BCUT2D eigenvalue weighted by Gasteiger charge is -2.34. The molecule has 0 unspecified atom stereocenters. The second-order valence-electron chi connectivity index (χ2n) is 6.64. The number of amides is 3. The first-order valence-corrected chi connectivity index (χ1v) is 9.06. The van der Waals surface area contributed by atoms with Gasteiger partial charge in [0, 0.05) is 44.7 Å². The van der Waals surface area contributed by atoms with E-state index in [1.165, 1.54) is 0 Å². The molecule has 25 heavy (non-hydrogen) atoms. The first-order chi connectivity index (χ1) is 12.1. The molecular formula is C19H25N3O3. The molecular weight excluding hydrogens is 318 g/mol. The number of anilines is 1. The van der Waals surface area contributed by atoms with Gasteiger partial charge in [0.05, 0.1) is 0 Å².